The third-order valence-electron chi connectivity index (χ3n) is 3.22. The fourth-order valence-electron chi connectivity index (χ4n) is 2.25. The Bertz CT molecular complexity index is 459. The van der Waals surface area contributed by atoms with Crippen molar-refractivity contribution in [3.05, 3.63) is 23.0 Å². The maximum atomic E-state index is 12.3. The molecule has 1 amide bonds. The summed E-state index contributed by atoms with van der Waals surface area (Å²) in [5, 5.41) is 0.200. The third kappa shape index (κ3) is 3.36. The highest BCUT2D eigenvalue weighted by atomic mass is 35.5. The molecule has 0 unspecified atom stereocenters. The molecule has 0 atom stereocenters. The molecule has 1 aromatic rings. The monoisotopic (exact) mass is 283 g/mol. The van der Waals surface area contributed by atoms with Gasteiger partial charge in [0.05, 0.1) is 23.6 Å². The largest absolute Gasteiger partial charge is 0.397 e. The first-order valence-corrected chi connectivity index (χ1v) is 6.81. The van der Waals surface area contributed by atoms with Crippen LogP contribution >= 0.6 is 11.6 Å². The lowest BCUT2D eigenvalue weighted by molar-refractivity contribution is 0.0146. The number of pyridine rings is 1. The number of nitrogen functional groups attached to an aromatic ring is 1. The topological polar surface area (TPSA) is 68.5 Å². The second-order valence-electron chi connectivity index (χ2n) is 4.55. The van der Waals surface area contributed by atoms with E-state index in [0.29, 0.717) is 30.9 Å². The third-order valence-corrected chi connectivity index (χ3v) is 3.52. The Kier molecular flexibility index (Phi) is 4.61. The van der Waals surface area contributed by atoms with Crippen molar-refractivity contribution in [2.45, 2.75) is 25.9 Å². The van der Waals surface area contributed by atoms with Gasteiger partial charge in [0.15, 0.2) is 0 Å². The average Bonchev–Trinajstić information content (AvgIpc) is 2.42. The Labute approximate surface area is 117 Å². The lowest BCUT2D eigenvalue weighted by Crippen LogP contribution is -2.41. The van der Waals surface area contributed by atoms with E-state index in [2.05, 4.69) is 4.98 Å². The number of carbonyl (C=O) groups is 1. The van der Waals surface area contributed by atoms with E-state index < -0.39 is 0 Å². The van der Waals surface area contributed by atoms with Gasteiger partial charge in [-0.3, -0.25) is 4.79 Å². The molecule has 0 radical (unpaired) electrons. The highest BCUT2D eigenvalue weighted by Gasteiger charge is 2.25. The van der Waals surface area contributed by atoms with Gasteiger partial charge >= 0.3 is 0 Å². The molecular weight excluding hydrogens is 266 g/mol. The minimum Gasteiger partial charge on any atom is -0.397 e. The van der Waals surface area contributed by atoms with Crippen LogP contribution in [0.4, 0.5) is 5.69 Å². The van der Waals surface area contributed by atoms with E-state index >= 15 is 0 Å². The zero-order chi connectivity index (χ0) is 13.8. The predicted octanol–water partition coefficient (Wildman–Crippen LogP) is 1.96. The highest BCUT2D eigenvalue weighted by molar-refractivity contribution is 6.32. The van der Waals surface area contributed by atoms with E-state index in [1.54, 1.807) is 11.0 Å². The molecule has 1 fully saturated rings. The number of aromatic nitrogens is 1. The maximum Gasteiger partial charge on any atom is 0.257 e. The van der Waals surface area contributed by atoms with Gasteiger partial charge in [0.25, 0.3) is 5.91 Å². The number of rotatable bonds is 3. The Morgan fingerprint density at radius 1 is 1.58 bits per heavy atom. The minimum atomic E-state index is -0.111. The molecule has 2 rings (SSSR count). The van der Waals surface area contributed by atoms with Crippen LogP contribution in [0.25, 0.3) is 0 Å². The lowest BCUT2D eigenvalue weighted by Gasteiger charge is -2.31. The summed E-state index contributed by atoms with van der Waals surface area (Å²) in [4.78, 5) is 18.0. The average molecular weight is 284 g/mol. The number of carbonyl (C=O) groups excluding carboxylic acids is 1. The smallest absolute Gasteiger partial charge is 0.257 e. The Morgan fingerprint density at radius 3 is 2.89 bits per heavy atom. The van der Waals surface area contributed by atoms with Crippen LogP contribution in [-0.2, 0) is 4.74 Å². The van der Waals surface area contributed by atoms with Crippen LogP contribution in [0.2, 0.25) is 5.15 Å². The molecule has 0 bridgehead atoms. The molecule has 0 saturated carbocycles. The fourth-order valence-corrected chi connectivity index (χ4v) is 2.43. The van der Waals surface area contributed by atoms with Gasteiger partial charge in [-0.1, -0.05) is 11.6 Å². The standard InChI is InChI=1S/C13H18ClN3O2/c1-2-19-10-3-5-17(6-4-10)13(18)11-7-9(15)8-16-12(11)14/h7-8,10H,2-6,15H2,1H3. The molecule has 0 aliphatic carbocycles. The first kappa shape index (κ1) is 14.1. The summed E-state index contributed by atoms with van der Waals surface area (Å²) < 4.78 is 5.56. The van der Waals surface area contributed by atoms with Crippen LogP contribution < -0.4 is 5.73 Å². The molecule has 1 aliphatic heterocycles. The van der Waals surface area contributed by atoms with Gasteiger partial charge in [0, 0.05) is 19.7 Å². The summed E-state index contributed by atoms with van der Waals surface area (Å²) in [6.45, 7) is 4.04. The van der Waals surface area contributed by atoms with Crippen molar-refractivity contribution < 1.29 is 9.53 Å². The molecule has 2 N–H and O–H groups in total. The SMILES string of the molecule is CCOC1CCN(C(=O)c2cc(N)cnc2Cl)CC1. The molecule has 1 aromatic heterocycles. The Balaban J connectivity index is 2.03. The van der Waals surface area contributed by atoms with Crippen LogP contribution in [0.3, 0.4) is 0 Å². The van der Waals surface area contributed by atoms with E-state index in [1.165, 1.54) is 6.20 Å². The van der Waals surface area contributed by atoms with Gasteiger partial charge in [0.1, 0.15) is 5.15 Å². The molecule has 1 aliphatic rings. The minimum absolute atomic E-state index is 0.111. The fraction of sp³-hybridized carbons (Fsp3) is 0.538. The number of anilines is 1. The number of likely N-dealkylation sites (tertiary alicyclic amines) is 1. The summed E-state index contributed by atoms with van der Waals surface area (Å²) >= 11 is 5.95. The Morgan fingerprint density at radius 2 is 2.26 bits per heavy atom. The van der Waals surface area contributed by atoms with Crippen molar-refractivity contribution >= 4 is 23.2 Å². The van der Waals surface area contributed by atoms with Crippen molar-refractivity contribution in [2.24, 2.45) is 0 Å². The summed E-state index contributed by atoms with van der Waals surface area (Å²) in [5.41, 5.74) is 6.46. The number of nitrogens with two attached hydrogens (primary N) is 1. The summed E-state index contributed by atoms with van der Waals surface area (Å²) in [6, 6.07) is 1.58. The first-order chi connectivity index (χ1) is 9.11. The van der Waals surface area contributed by atoms with E-state index in [-0.39, 0.29) is 17.2 Å². The number of piperidine rings is 1. The molecule has 5 nitrogen and oxygen atoms in total. The van der Waals surface area contributed by atoms with Crippen molar-refractivity contribution in [1.82, 2.24) is 9.88 Å². The van der Waals surface area contributed by atoms with E-state index in [9.17, 15) is 4.79 Å². The van der Waals surface area contributed by atoms with Gasteiger partial charge in [-0.05, 0) is 25.8 Å². The highest BCUT2D eigenvalue weighted by Crippen LogP contribution is 2.21. The van der Waals surface area contributed by atoms with Crippen LogP contribution in [0, 0.1) is 0 Å². The molecule has 19 heavy (non-hydrogen) atoms. The first-order valence-electron chi connectivity index (χ1n) is 6.43. The van der Waals surface area contributed by atoms with Gasteiger partial charge in [-0.15, -0.1) is 0 Å². The second-order valence-corrected chi connectivity index (χ2v) is 4.91. The summed E-state index contributed by atoms with van der Waals surface area (Å²) in [5.74, 6) is -0.111. The van der Waals surface area contributed by atoms with E-state index in [0.717, 1.165) is 12.8 Å². The number of nitrogens with zero attached hydrogens (tertiary/aromatic N) is 2. The zero-order valence-corrected chi connectivity index (χ0v) is 11.7. The van der Waals surface area contributed by atoms with Crippen LogP contribution in [-0.4, -0.2) is 41.6 Å². The van der Waals surface area contributed by atoms with Crippen molar-refractivity contribution in [3.8, 4) is 0 Å². The van der Waals surface area contributed by atoms with Crippen LogP contribution in [0.5, 0.6) is 0 Å². The van der Waals surface area contributed by atoms with Crippen molar-refractivity contribution in [1.29, 1.82) is 0 Å². The molecule has 6 heteroatoms. The summed E-state index contributed by atoms with van der Waals surface area (Å²) in [6.07, 6.45) is 3.41. The van der Waals surface area contributed by atoms with E-state index in [1.807, 2.05) is 6.92 Å². The number of hydrogen-bond acceptors (Lipinski definition) is 4. The molecule has 1 saturated heterocycles. The zero-order valence-electron chi connectivity index (χ0n) is 10.9. The number of halogens is 1. The van der Waals surface area contributed by atoms with Crippen LogP contribution in [0.1, 0.15) is 30.1 Å². The summed E-state index contributed by atoms with van der Waals surface area (Å²) in [7, 11) is 0. The van der Waals surface area contributed by atoms with Gasteiger partial charge in [-0.2, -0.15) is 0 Å². The number of ether oxygens (including phenoxy) is 1. The van der Waals surface area contributed by atoms with E-state index in [4.69, 9.17) is 22.1 Å². The number of amides is 1. The van der Waals surface area contributed by atoms with Crippen LogP contribution in [0.15, 0.2) is 12.3 Å². The van der Waals surface area contributed by atoms with Gasteiger partial charge in [-0.25, -0.2) is 4.98 Å². The second kappa shape index (κ2) is 6.21. The normalized spacial score (nSPS) is 16.6. The lowest BCUT2D eigenvalue weighted by atomic mass is 10.1. The van der Waals surface area contributed by atoms with Crippen molar-refractivity contribution in [2.75, 3.05) is 25.4 Å². The molecular formula is C13H18ClN3O2. The maximum absolute atomic E-state index is 12.3. The van der Waals surface area contributed by atoms with Crippen molar-refractivity contribution in [3.63, 3.8) is 0 Å². The molecule has 0 spiro atoms. The molecule has 2 heterocycles. The molecule has 0 aromatic carbocycles. The Hall–Kier alpha value is -1.33. The van der Waals surface area contributed by atoms with Gasteiger partial charge < -0.3 is 15.4 Å². The quantitative estimate of drug-likeness (QED) is 0.861. The number of hydrogen-bond donors (Lipinski definition) is 1. The molecule has 104 valence electrons. The van der Waals surface area contributed by atoms with Gasteiger partial charge in [0.2, 0.25) is 0 Å². The predicted molar refractivity (Wildman–Crippen MR) is 74.2 cm³/mol.